The summed E-state index contributed by atoms with van der Waals surface area (Å²) in [7, 11) is 1.69. The second-order valence-corrected chi connectivity index (χ2v) is 3.92. The Morgan fingerprint density at radius 2 is 2.24 bits per heavy atom. The number of para-hydroxylation sites is 1. The fourth-order valence-corrected chi connectivity index (χ4v) is 1.78. The summed E-state index contributed by atoms with van der Waals surface area (Å²) in [6, 6.07) is 8.28. The molecule has 2 N–H and O–H groups in total. The van der Waals surface area contributed by atoms with E-state index in [9.17, 15) is 0 Å². The Morgan fingerprint density at radius 3 is 2.94 bits per heavy atom. The van der Waals surface area contributed by atoms with E-state index in [0.29, 0.717) is 0 Å². The van der Waals surface area contributed by atoms with Crippen molar-refractivity contribution < 1.29 is 4.74 Å². The number of nitrogens with zero attached hydrogens (tertiary/aromatic N) is 1. The molecule has 0 saturated carbocycles. The van der Waals surface area contributed by atoms with Crippen molar-refractivity contribution >= 4 is 0 Å². The number of nitrogens with one attached hydrogen (secondary N) is 2. The number of methoxy groups -OCH3 is 1. The Labute approximate surface area is 101 Å². The maximum atomic E-state index is 5.34. The number of aromatic amines is 1. The van der Waals surface area contributed by atoms with Crippen LogP contribution in [-0.4, -0.2) is 17.1 Å². The molecule has 0 aliphatic rings. The van der Waals surface area contributed by atoms with Crippen LogP contribution in [0.5, 0.6) is 5.75 Å². The molecule has 0 radical (unpaired) electrons. The fourth-order valence-electron chi connectivity index (χ4n) is 1.78. The van der Waals surface area contributed by atoms with Crippen LogP contribution in [0.3, 0.4) is 0 Å². The summed E-state index contributed by atoms with van der Waals surface area (Å²) in [5.41, 5.74) is 2.24. The van der Waals surface area contributed by atoms with Gasteiger partial charge in [-0.2, -0.15) is 0 Å². The van der Waals surface area contributed by atoms with Gasteiger partial charge in [0.15, 0.2) is 0 Å². The summed E-state index contributed by atoms with van der Waals surface area (Å²) < 4.78 is 5.34. The lowest BCUT2D eigenvalue weighted by atomic mass is 10.1. The number of imidazole rings is 1. The minimum absolute atomic E-state index is 0.231. The molecule has 0 aliphatic carbocycles. The summed E-state index contributed by atoms with van der Waals surface area (Å²) in [4.78, 5) is 7.05. The van der Waals surface area contributed by atoms with Crippen LogP contribution in [0.4, 0.5) is 0 Å². The molecule has 90 valence electrons. The minimum atomic E-state index is 0.231. The number of ether oxygens (including phenoxy) is 1. The third-order valence-corrected chi connectivity index (χ3v) is 2.76. The van der Waals surface area contributed by atoms with Crippen LogP contribution in [0.25, 0.3) is 0 Å². The van der Waals surface area contributed by atoms with Crippen LogP contribution >= 0.6 is 0 Å². The lowest BCUT2D eigenvalue weighted by molar-refractivity contribution is 0.401. The van der Waals surface area contributed by atoms with Gasteiger partial charge in [0.05, 0.1) is 13.4 Å². The van der Waals surface area contributed by atoms with Crippen LogP contribution in [0.1, 0.15) is 24.2 Å². The van der Waals surface area contributed by atoms with E-state index >= 15 is 0 Å². The van der Waals surface area contributed by atoms with Gasteiger partial charge in [0.1, 0.15) is 5.75 Å². The largest absolute Gasteiger partial charge is 0.496 e. The quantitative estimate of drug-likeness (QED) is 0.830. The Morgan fingerprint density at radius 1 is 1.41 bits per heavy atom. The molecule has 1 atom stereocenters. The topological polar surface area (TPSA) is 49.9 Å². The molecule has 1 heterocycles. The maximum absolute atomic E-state index is 5.34. The second-order valence-electron chi connectivity index (χ2n) is 3.92. The highest BCUT2D eigenvalue weighted by Crippen LogP contribution is 2.24. The van der Waals surface area contributed by atoms with Crippen LogP contribution in [-0.2, 0) is 6.54 Å². The highest BCUT2D eigenvalue weighted by Gasteiger charge is 2.10. The Bertz CT molecular complexity index is 453. The standard InChI is InChI=1S/C13H17N3O/c1-10(15-8-11-7-14-9-16-11)12-5-3-4-6-13(12)17-2/h3-7,9-10,15H,8H2,1-2H3,(H,14,16)/t10-/m0/s1. The highest BCUT2D eigenvalue weighted by molar-refractivity contribution is 5.35. The van der Waals surface area contributed by atoms with E-state index in [0.717, 1.165) is 23.6 Å². The molecule has 17 heavy (non-hydrogen) atoms. The van der Waals surface area contributed by atoms with Crippen molar-refractivity contribution in [2.45, 2.75) is 19.5 Å². The van der Waals surface area contributed by atoms with Crippen molar-refractivity contribution in [1.82, 2.24) is 15.3 Å². The second kappa shape index (κ2) is 5.50. The average Bonchev–Trinajstić information content (AvgIpc) is 2.89. The van der Waals surface area contributed by atoms with Crippen LogP contribution in [0.15, 0.2) is 36.8 Å². The van der Waals surface area contributed by atoms with Crippen molar-refractivity contribution in [2.24, 2.45) is 0 Å². The van der Waals surface area contributed by atoms with Gasteiger partial charge >= 0.3 is 0 Å². The number of hydrogen-bond donors (Lipinski definition) is 2. The smallest absolute Gasteiger partial charge is 0.123 e. The van der Waals surface area contributed by atoms with Gasteiger partial charge in [-0.1, -0.05) is 18.2 Å². The van der Waals surface area contributed by atoms with E-state index in [4.69, 9.17) is 4.74 Å². The van der Waals surface area contributed by atoms with E-state index in [-0.39, 0.29) is 6.04 Å². The third-order valence-electron chi connectivity index (χ3n) is 2.76. The minimum Gasteiger partial charge on any atom is -0.496 e. The summed E-state index contributed by atoms with van der Waals surface area (Å²) in [6.07, 6.45) is 3.51. The lowest BCUT2D eigenvalue weighted by Crippen LogP contribution is -2.18. The summed E-state index contributed by atoms with van der Waals surface area (Å²) >= 11 is 0. The van der Waals surface area contributed by atoms with Crippen LogP contribution < -0.4 is 10.1 Å². The molecular weight excluding hydrogens is 214 g/mol. The van der Waals surface area contributed by atoms with E-state index in [1.165, 1.54) is 0 Å². The van der Waals surface area contributed by atoms with Crippen LogP contribution in [0, 0.1) is 0 Å². The number of aromatic nitrogens is 2. The molecule has 0 spiro atoms. The zero-order valence-electron chi connectivity index (χ0n) is 10.1. The molecule has 0 bridgehead atoms. The zero-order chi connectivity index (χ0) is 12.1. The fraction of sp³-hybridized carbons (Fsp3) is 0.308. The van der Waals surface area contributed by atoms with Crippen molar-refractivity contribution in [3.8, 4) is 5.75 Å². The predicted octanol–water partition coefficient (Wildman–Crippen LogP) is 2.27. The average molecular weight is 231 g/mol. The summed E-state index contributed by atoms with van der Waals surface area (Å²) in [6.45, 7) is 2.88. The van der Waals surface area contributed by atoms with Gasteiger partial charge in [0.2, 0.25) is 0 Å². The van der Waals surface area contributed by atoms with E-state index in [1.54, 1.807) is 13.4 Å². The Balaban J connectivity index is 2.01. The van der Waals surface area contributed by atoms with Gasteiger partial charge in [-0.05, 0) is 13.0 Å². The highest BCUT2D eigenvalue weighted by atomic mass is 16.5. The summed E-state index contributed by atoms with van der Waals surface area (Å²) in [5.74, 6) is 0.914. The van der Waals surface area contributed by atoms with Gasteiger partial charge in [-0.25, -0.2) is 4.98 Å². The lowest BCUT2D eigenvalue weighted by Gasteiger charge is -2.16. The van der Waals surface area contributed by atoms with E-state index in [2.05, 4.69) is 28.3 Å². The van der Waals surface area contributed by atoms with E-state index in [1.807, 2.05) is 24.4 Å². The first-order chi connectivity index (χ1) is 8.31. The van der Waals surface area contributed by atoms with Crippen molar-refractivity contribution in [3.63, 3.8) is 0 Å². The molecule has 0 amide bonds. The molecule has 2 aromatic rings. The molecule has 0 aliphatic heterocycles. The maximum Gasteiger partial charge on any atom is 0.123 e. The molecule has 1 aromatic heterocycles. The van der Waals surface area contributed by atoms with Gasteiger partial charge in [-0.15, -0.1) is 0 Å². The summed E-state index contributed by atoms with van der Waals surface area (Å²) in [5, 5.41) is 3.42. The molecule has 0 unspecified atom stereocenters. The Hall–Kier alpha value is -1.81. The van der Waals surface area contributed by atoms with Crippen molar-refractivity contribution in [3.05, 3.63) is 48.0 Å². The molecule has 0 fully saturated rings. The SMILES string of the molecule is COc1ccccc1[C@H](C)NCc1cnc[nH]1. The van der Waals surface area contributed by atoms with Crippen molar-refractivity contribution in [1.29, 1.82) is 0 Å². The molecular formula is C13H17N3O. The van der Waals surface area contributed by atoms with Gasteiger partial charge in [0.25, 0.3) is 0 Å². The van der Waals surface area contributed by atoms with Crippen molar-refractivity contribution in [2.75, 3.05) is 7.11 Å². The predicted molar refractivity (Wildman–Crippen MR) is 66.8 cm³/mol. The normalized spacial score (nSPS) is 12.4. The molecule has 0 saturated heterocycles. The number of H-pyrrole nitrogens is 1. The zero-order valence-corrected chi connectivity index (χ0v) is 10.1. The molecule has 4 nitrogen and oxygen atoms in total. The number of rotatable bonds is 5. The number of hydrogen-bond acceptors (Lipinski definition) is 3. The van der Waals surface area contributed by atoms with Gasteiger partial charge < -0.3 is 15.0 Å². The van der Waals surface area contributed by atoms with E-state index < -0.39 is 0 Å². The monoisotopic (exact) mass is 231 g/mol. The van der Waals surface area contributed by atoms with Gasteiger partial charge in [-0.3, -0.25) is 0 Å². The third kappa shape index (κ3) is 2.85. The molecule has 2 rings (SSSR count). The molecule has 4 heteroatoms. The molecule has 1 aromatic carbocycles. The van der Waals surface area contributed by atoms with Gasteiger partial charge in [0, 0.05) is 30.0 Å². The number of benzene rings is 1. The first-order valence-corrected chi connectivity index (χ1v) is 5.65. The first kappa shape index (κ1) is 11.7. The van der Waals surface area contributed by atoms with Crippen LogP contribution in [0.2, 0.25) is 0 Å². The Kier molecular flexibility index (Phi) is 3.77. The first-order valence-electron chi connectivity index (χ1n) is 5.65.